The molecule has 0 bridgehead atoms. The van der Waals surface area contributed by atoms with Crippen molar-refractivity contribution < 1.29 is 14.3 Å². The Morgan fingerprint density at radius 2 is 1.76 bits per heavy atom. The van der Waals surface area contributed by atoms with E-state index >= 15 is 0 Å². The van der Waals surface area contributed by atoms with Crippen LogP contribution in [0.2, 0.25) is 0 Å². The molecule has 2 amide bonds. The monoisotopic (exact) mass is 509 g/mol. The van der Waals surface area contributed by atoms with Crippen molar-refractivity contribution in [2.45, 2.75) is 44.4 Å². The number of carbonyl (C=O) groups excluding carboxylic acids is 2. The third kappa shape index (κ3) is 6.79. The molecule has 2 aliphatic rings. The summed E-state index contributed by atoms with van der Waals surface area (Å²) in [4.78, 5) is 25.6. The molecule has 0 heterocycles. The average Bonchev–Trinajstić information content (AvgIpc) is 3.56. The number of benzene rings is 2. The summed E-state index contributed by atoms with van der Waals surface area (Å²) >= 11 is 3.38. The van der Waals surface area contributed by atoms with E-state index < -0.39 is 12.1 Å². The number of ether oxygens (including phenoxy) is 1. The van der Waals surface area contributed by atoms with Gasteiger partial charge in [0.15, 0.2) is 0 Å². The summed E-state index contributed by atoms with van der Waals surface area (Å²) in [5, 5.41) is 5.72. The third-order valence-corrected chi connectivity index (χ3v) is 6.48. The van der Waals surface area contributed by atoms with Crippen molar-refractivity contribution in [3.8, 4) is 0 Å². The molecular weight excluding hydrogens is 482 g/mol. The van der Waals surface area contributed by atoms with E-state index in [0.29, 0.717) is 12.3 Å². The first-order valence-electron chi connectivity index (χ1n) is 11.2. The lowest BCUT2D eigenvalue weighted by molar-refractivity contribution is -0.122. The van der Waals surface area contributed by atoms with Crippen molar-refractivity contribution in [2.75, 3.05) is 0 Å². The Morgan fingerprint density at radius 1 is 1.03 bits per heavy atom. The van der Waals surface area contributed by atoms with Gasteiger partial charge in [0.05, 0.1) is 0 Å². The molecule has 0 aromatic heterocycles. The fraction of sp³-hybridized carbons (Fsp3) is 0.308. The second-order valence-electron chi connectivity index (χ2n) is 8.52. The second-order valence-corrected chi connectivity index (χ2v) is 9.43. The zero-order valence-corrected chi connectivity index (χ0v) is 19.9. The molecule has 0 spiro atoms. The molecule has 172 valence electrons. The number of hydrogen-bond donors (Lipinski definition) is 3. The Morgan fingerprint density at radius 3 is 2.39 bits per heavy atom. The molecule has 0 saturated heterocycles. The Balaban J connectivity index is 1.37. The van der Waals surface area contributed by atoms with E-state index in [9.17, 15) is 9.59 Å². The molecule has 4 N–H and O–H groups in total. The van der Waals surface area contributed by atoms with Crippen molar-refractivity contribution in [3.05, 3.63) is 93.6 Å². The lowest BCUT2D eigenvalue weighted by atomic mass is 9.98. The normalized spacial score (nSPS) is 20.2. The van der Waals surface area contributed by atoms with Gasteiger partial charge in [0.25, 0.3) is 0 Å². The number of halogens is 1. The van der Waals surface area contributed by atoms with E-state index in [-0.39, 0.29) is 18.6 Å². The van der Waals surface area contributed by atoms with Gasteiger partial charge in [0.1, 0.15) is 12.6 Å². The highest BCUT2D eigenvalue weighted by atomic mass is 79.9. The summed E-state index contributed by atoms with van der Waals surface area (Å²) in [6, 6.07) is 16.6. The molecule has 2 aromatic carbocycles. The zero-order chi connectivity index (χ0) is 23.2. The highest BCUT2D eigenvalue weighted by molar-refractivity contribution is 9.10. The molecule has 7 heteroatoms. The van der Waals surface area contributed by atoms with Crippen molar-refractivity contribution in [3.63, 3.8) is 0 Å². The zero-order valence-electron chi connectivity index (χ0n) is 18.3. The molecule has 3 unspecified atom stereocenters. The van der Waals surface area contributed by atoms with E-state index in [1.165, 1.54) is 5.57 Å². The number of alkyl carbamates (subject to hydrolysis) is 1. The van der Waals surface area contributed by atoms with Crippen LogP contribution in [0.5, 0.6) is 0 Å². The smallest absolute Gasteiger partial charge is 0.408 e. The Hall–Kier alpha value is -2.90. The van der Waals surface area contributed by atoms with E-state index in [0.717, 1.165) is 40.6 Å². The van der Waals surface area contributed by atoms with Gasteiger partial charge in [-0.1, -0.05) is 70.0 Å². The predicted molar refractivity (Wildman–Crippen MR) is 131 cm³/mol. The quantitative estimate of drug-likeness (QED) is 0.492. The van der Waals surface area contributed by atoms with Gasteiger partial charge in [0.2, 0.25) is 5.91 Å². The largest absolute Gasteiger partial charge is 0.445 e. The molecule has 4 rings (SSSR count). The van der Waals surface area contributed by atoms with Crippen LogP contribution >= 0.6 is 15.9 Å². The molecule has 0 aliphatic heterocycles. The molecule has 0 radical (unpaired) electrons. The number of nitrogens with two attached hydrogens (primary N) is 1. The van der Waals surface area contributed by atoms with Gasteiger partial charge in [-0.25, -0.2) is 4.79 Å². The number of allylic oxidation sites excluding steroid dienone is 3. The van der Waals surface area contributed by atoms with Gasteiger partial charge in [-0.05, 0) is 54.5 Å². The van der Waals surface area contributed by atoms with Crippen molar-refractivity contribution in [1.29, 1.82) is 0 Å². The van der Waals surface area contributed by atoms with Crippen LogP contribution in [0.3, 0.4) is 0 Å². The Kier molecular flexibility index (Phi) is 7.62. The molecule has 2 aliphatic carbocycles. The minimum absolute atomic E-state index is 0.126. The number of carbonyl (C=O) groups is 2. The second kappa shape index (κ2) is 10.8. The molecule has 33 heavy (non-hydrogen) atoms. The van der Waals surface area contributed by atoms with Crippen LogP contribution in [0.15, 0.2) is 82.5 Å². The van der Waals surface area contributed by atoms with E-state index in [4.69, 9.17) is 10.5 Å². The highest BCUT2D eigenvalue weighted by Gasteiger charge is 2.36. The maximum Gasteiger partial charge on any atom is 0.408 e. The fourth-order valence-corrected chi connectivity index (χ4v) is 4.19. The lowest BCUT2D eigenvalue weighted by Gasteiger charge is -2.21. The van der Waals surface area contributed by atoms with Crippen LogP contribution in [0.1, 0.15) is 30.4 Å². The summed E-state index contributed by atoms with van der Waals surface area (Å²) in [7, 11) is 0. The lowest BCUT2D eigenvalue weighted by Crippen LogP contribution is -2.48. The van der Waals surface area contributed by atoms with Gasteiger partial charge in [-0.2, -0.15) is 0 Å². The number of rotatable bonds is 8. The SMILES string of the molecule is NC1CC1C1=CC=C(NC(=O)C(Cc2ccccc2)NC(=O)OCc2ccc(Br)cc2)CC1. The molecule has 3 atom stereocenters. The first-order valence-corrected chi connectivity index (χ1v) is 11.9. The molecule has 2 aromatic rings. The maximum atomic E-state index is 13.1. The van der Waals surface area contributed by atoms with Gasteiger partial charge in [-0.3, -0.25) is 4.79 Å². The average molecular weight is 510 g/mol. The minimum Gasteiger partial charge on any atom is -0.445 e. The maximum absolute atomic E-state index is 13.1. The van der Waals surface area contributed by atoms with Crippen LogP contribution in [0.4, 0.5) is 4.79 Å². The van der Waals surface area contributed by atoms with Crippen LogP contribution in [0, 0.1) is 5.92 Å². The van der Waals surface area contributed by atoms with Crippen LogP contribution in [-0.4, -0.2) is 24.1 Å². The standard InChI is InChI=1S/C26H28BrN3O3/c27-20-10-6-18(7-11-20)16-33-26(32)30-24(14-17-4-2-1-3-5-17)25(31)29-21-12-8-19(9-13-21)22-15-23(22)28/h1-8,10-12,22-24H,9,13-16,28H2,(H,29,31)(H,30,32). The summed E-state index contributed by atoms with van der Waals surface area (Å²) in [5.41, 5.74) is 9.98. The molecule has 1 fully saturated rings. The topological polar surface area (TPSA) is 93.5 Å². The Bertz CT molecular complexity index is 1050. The van der Waals surface area contributed by atoms with Crippen LogP contribution < -0.4 is 16.4 Å². The van der Waals surface area contributed by atoms with Crippen molar-refractivity contribution in [1.82, 2.24) is 10.6 Å². The minimum atomic E-state index is -0.757. The Labute approximate surface area is 202 Å². The number of nitrogens with one attached hydrogen (secondary N) is 2. The van der Waals surface area contributed by atoms with Crippen molar-refractivity contribution >= 4 is 27.9 Å². The summed E-state index contributed by atoms with van der Waals surface area (Å²) in [6.45, 7) is 0.126. The van der Waals surface area contributed by atoms with Crippen molar-refractivity contribution in [2.24, 2.45) is 11.7 Å². The summed E-state index contributed by atoms with van der Waals surface area (Å²) in [5.74, 6) is 0.233. The molecular formula is C26H28BrN3O3. The summed E-state index contributed by atoms with van der Waals surface area (Å²) in [6.07, 6.45) is 6.47. The molecule has 6 nitrogen and oxygen atoms in total. The predicted octanol–water partition coefficient (Wildman–Crippen LogP) is 4.35. The summed E-state index contributed by atoms with van der Waals surface area (Å²) < 4.78 is 6.31. The number of amides is 2. The highest BCUT2D eigenvalue weighted by Crippen LogP contribution is 2.39. The molecule has 1 saturated carbocycles. The van der Waals surface area contributed by atoms with E-state index in [1.54, 1.807) is 0 Å². The number of hydrogen-bond acceptors (Lipinski definition) is 4. The first kappa shape index (κ1) is 23.3. The van der Waals surface area contributed by atoms with Gasteiger partial charge >= 0.3 is 6.09 Å². The van der Waals surface area contributed by atoms with Gasteiger partial charge < -0.3 is 21.1 Å². The van der Waals surface area contributed by atoms with E-state index in [1.807, 2.05) is 60.7 Å². The van der Waals surface area contributed by atoms with E-state index in [2.05, 4.69) is 32.6 Å². The van der Waals surface area contributed by atoms with Gasteiger partial charge in [0, 0.05) is 22.6 Å². The fourth-order valence-electron chi connectivity index (χ4n) is 3.93. The third-order valence-electron chi connectivity index (χ3n) is 5.96. The van der Waals surface area contributed by atoms with Crippen LogP contribution in [-0.2, 0) is 22.6 Å². The first-order chi connectivity index (χ1) is 16.0. The van der Waals surface area contributed by atoms with Crippen LogP contribution in [0.25, 0.3) is 0 Å². The van der Waals surface area contributed by atoms with Gasteiger partial charge in [-0.15, -0.1) is 0 Å².